The van der Waals surface area contributed by atoms with Crippen LogP contribution >= 0.6 is 0 Å². The minimum atomic E-state index is -0.694. The molecule has 0 bridgehead atoms. The lowest BCUT2D eigenvalue weighted by molar-refractivity contribution is 0.105. The van der Waals surface area contributed by atoms with E-state index < -0.39 is 6.10 Å². The predicted octanol–water partition coefficient (Wildman–Crippen LogP) is -1.29. The Bertz CT molecular complexity index is 268. The molecule has 0 spiro atoms. The molecule has 1 unspecified atom stereocenters. The molecule has 0 aliphatic rings. The van der Waals surface area contributed by atoms with Crippen molar-refractivity contribution in [3.05, 3.63) is 24.3 Å². The number of benzene rings is 1. The number of aliphatic hydroxyl groups excluding tert-OH is 2. The molecule has 0 radical (unpaired) electrons. The van der Waals surface area contributed by atoms with Gasteiger partial charge in [-0.1, -0.05) is 17.6 Å². The third kappa shape index (κ3) is 3.48. The van der Waals surface area contributed by atoms with E-state index in [0.29, 0.717) is 6.54 Å². The summed E-state index contributed by atoms with van der Waals surface area (Å²) in [5.74, 6) is 0. The van der Waals surface area contributed by atoms with Crippen LogP contribution in [0, 0.1) is 0 Å². The molecule has 13 heavy (non-hydrogen) atoms. The Balaban J connectivity index is 2.45. The summed E-state index contributed by atoms with van der Waals surface area (Å²) in [5, 5.41) is 20.7. The van der Waals surface area contributed by atoms with Crippen molar-refractivity contribution in [3.8, 4) is 0 Å². The van der Waals surface area contributed by atoms with Crippen molar-refractivity contribution in [1.82, 2.24) is 0 Å². The fourth-order valence-corrected chi connectivity index (χ4v) is 1.06. The van der Waals surface area contributed by atoms with E-state index in [0.717, 1.165) is 5.69 Å². The SMILES string of the molecule is Bc1cccc(NCC(O)CO)c1. The average Bonchev–Trinajstić information content (AvgIpc) is 2.14. The zero-order chi connectivity index (χ0) is 9.68. The van der Waals surface area contributed by atoms with Crippen molar-refractivity contribution in [2.45, 2.75) is 6.10 Å². The van der Waals surface area contributed by atoms with Crippen LogP contribution in [0.1, 0.15) is 0 Å². The van der Waals surface area contributed by atoms with Crippen molar-refractivity contribution in [2.75, 3.05) is 18.5 Å². The van der Waals surface area contributed by atoms with Gasteiger partial charge in [0.2, 0.25) is 0 Å². The maximum atomic E-state index is 9.08. The minimum Gasteiger partial charge on any atom is -0.394 e. The molecule has 3 nitrogen and oxygen atoms in total. The van der Waals surface area contributed by atoms with Gasteiger partial charge >= 0.3 is 0 Å². The molecule has 1 aromatic carbocycles. The maximum Gasteiger partial charge on any atom is 0.139 e. The standard InChI is InChI=1S/C9H14BNO2/c10-7-2-1-3-8(4-7)11-5-9(13)6-12/h1-4,9,11-13H,5-6,10H2. The summed E-state index contributed by atoms with van der Waals surface area (Å²) in [6.45, 7) is 0.165. The molecule has 1 rings (SSSR count). The molecule has 3 N–H and O–H groups in total. The highest BCUT2D eigenvalue weighted by molar-refractivity contribution is 6.32. The van der Waals surface area contributed by atoms with Crippen LogP contribution in [0.2, 0.25) is 0 Å². The highest BCUT2D eigenvalue weighted by Gasteiger charge is 2.00. The zero-order valence-corrected chi connectivity index (χ0v) is 7.70. The molecule has 0 aliphatic carbocycles. The summed E-state index contributed by atoms with van der Waals surface area (Å²) >= 11 is 0. The molecule has 70 valence electrons. The fourth-order valence-electron chi connectivity index (χ4n) is 1.06. The molecule has 0 aliphatic heterocycles. The van der Waals surface area contributed by atoms with Gasteiger partial charge in [-0.05, 0) is 12.1 Å². The lowest BCUT2D eigenvalue weighted by Crippen LogP contribution is -2.23. The lowest BCUT2D eigenvalue weighted by atomic mass is 9.96. The van der Waals surface area contributed by atoms with Gasteiger partial charge in [-0.15, -0.1) is 0 Å². The van der Waals surface area contributed by atoms with Crippen LogP contribution in [0.4, 0.5) is 5.69 Å². The van der Waals surface area contributed by atoms with Gasteiger partial charge in [-0.25, -0.2) is 0 Å². The van der Waals surface area contributed by atoms with Crippen molar-refractivity contribution in [1.29, 1.82) is 0 Å². The normalized spacial score (nSPS) is 12.5. The summed E-state index contributed by atoms with van der Waals surface area (Å²) in [4.78, 5) is 0. The van der Waals surface area contributed by atoms with Gasteiger partial charge in [0.1, 0.15) is 7.85 Å². The molecule has 0 saturated carbocycles. The molecule has 0 saturated heterocycles. The lowest BCUT2D eigenvalue weighted by Gasteiger charge is -2.10. The van der Waals surface area contributed by atoms with Crippen LogP contribution in [-0.2, 0) is 0 Å². The molecule has 1 aromatic rings. The first-order valence-electron chi connectivity index (χ1n) is 4.32. The first-order chi connectivity index (χ1) is 6.22. The Labute approximate surface area is 78.8 Å². The number of aliphatic hydroxyl groups is 2. The topological polar surface area (TPSA) is 52.5 Å². The summed E-state index contributed by atoms with van der Waals surface area (Å²) in [5.41, 5.74) is 2.14. The minimum absolute atomic E-state index is 0.210. The summed E-state index contributed by atoms with van der Waals surface area (Å²) in [6.07, 6.45) is -0.694. The van der Waals surface area contributed by atoms with Crippen molar-refractivity contribution < 1.29 is 10.2 Å². The van der Waals surface area contributed by atoms with E-state index in [1.54, 1.807) is 0 Å². The van der Waals surface area contributed by atoms with E-state index >= 15 is 0 Å². The molecule has 0 fully saturated rings. The van der Waals surface area contributed by atoms with Crippen LogP contribution in [-0.4, -0.2) is 37.3 Å². The van der Waals surface area contributed by atoms with Gasteiger partial charge in [-0.3, -0.25) is 0 Å². The number of rotatable bonds is 4. The van der Waals surface area contributed by atoms with Crippen LogP contribution in [0.15, 0.2) is 24.3 Å². The summed E-state index contributed by atoms with van der Waals surface area (Å²) in [7, 11) is 2.01. The second-order valence-electron chi connectivity index (χ2n) is 3.09. The fraction of sp³-hybridized carbons (Fsp3) is 0.333. The van der Waals surface area contributed by atoms with Crippen LogP contribution in [0.25, 0.3) is 0 Å². The van der Waals surface area contributed by atoms with Gasteiger partial charge in [0.15, 0.2) is 0 Å². The number of nitrogens with one attached hydrogen (secondary N) is 1. The van der Waals surface area contributed by atoms with Gasteiger partial charge in [0, 0.05) is 12.2 Å². The Morgan fingerprint density at radius 2 is 2.23 bits per heavy atom. The van der Waals surface area contributed by atoms with Crippen molar-refractivity contribution in [2.24, 2.45) is 0 Å². The van der Waals surface area contributed by atoms with Crippen LogP contribution in [0.3, 0.4) is 0 Å². The average molecular weight is 179 g/mol. The first-order valence-corrected chi connectivity index (χ1v) is 4.32. The van der Waals surface area contributed by atoms with Gasteiger partial charge in [-0.2, -0.15) is 0 Å². The zero-order valence-electron chi connectivity index (χ0n) is 7.70. The van der Waals surface area contributed by atoms with E-state index in [1.807, 2.05) is 32.1 Å². The van der Waals surface area contributed by atoms with E-state index in [-0.39, 0.29) is 6.61 Å². The first kappa shape index (κ1) is 10.1. The Morgan fingerprint density at radius 3 is 2.85 bits per heavy atom. The molecular formula is C9H14BNO2. The summed E-state index contributed by atoms with van der Waals surface area (Å²) < 4.78 is 0. The Hall–Kier alpha value is -0.995. The van der Waals surface area contributed by atoms with Gasteiger partial charge in [0.05, 0.1) is 12.7 Å². The molecule has 0 heterocycles. The predicted molar refractivity (Wildman–Crippen MR) is 56.2 cm³/mol. The molecular weight excluding hydrogens is 165 g/mol. The van der Waals surface area contributed by atoms with Gasteiger partial charge < -0.3 is 15.5 Å². The number of anilines is 1. The second-order valence-corrected chi connectivity index (χ2v) is 3.09. The molecule has 4 heteroatoms. The molecule has 0 aromatic heterocycles. The monoisotopic (exact) mass is 179 g/mol. The smallest absolute Gasteiger partial charge is 0.139 e. The highest BCUT2D eigenvalue weighted by Crippen LogP contribution is 2.02. The largest absolute Gasteiger partial charge is 0.394 e. The second kappa shape index (κ2) is 4.89. The van der Waals surface area contributed by atoms with Crippen molar-refractivity contribution >= 4 is 19.0 Å². The highest BCUT2D eigenvalue weighted by atomic mass is 16.3. The number of hydrogen-bond acceptors (Lipinski definition) is 3. The summed E-state index contributed by atoms with van der Waals surface area (Å²) in [6, 6.07) is 7.87. The molecule has 0 amide bonds. The maximum absolute atomic E-state index is 9.08. The van der Waals surface area contributed by atoms with Crippen molar-refractivity contribution in [3.63, 3.8) is 0 Å². The number of hydrogen-bond donors (Lipinski definition) is 3. The van der Waals surface area contributed by atoms with E-state index in [4.69, 9.17) is 10.2 Å². The van der Waals surface area contributed by atoms with E-state index in [2.05, 4.69) is 5.32 Å². The third-order valence-electron chi connectivity index (χ3n) is 1.77. The van der Waals surface area contributed by atoms with Crippen LogP contribution < -0.4 is 10.8 Å². The quantitative estimate of drug-likeness (QED) is 0.504. The third-order valence-corrected chi connectivity index (χ3v) is 1.77. The van der Waals surface area contributed by atoms with E-state index in [9.17, 15) is 0 Å². The van der Waals surface area contributed by atoms with Crippen LogP contribution in [0.5, 0.6) is 0 Å². The Morgan fingerprint density at radius 1 is 1.46 bits per heavy atom. The molecule has 1 atom stereocenters. The Kier molecular flexibility index (Phi) is 3.80. The van der Waals surface area contributed by atoms with Gasteiger partial charge in [0.25, 0.3) is 0 Å². The van der Waals surface area contributed by atoms with E-state index in [1.165, 1.54) is 5.46 Å².